The molecule has 156 valence electrons. The highest BCUT2D eigenvalue weighted by Gasteiger charge is 2.11. The predicted molar refractivity (Wildman–Crippen MR) is 118 cm³/mol. The van der Waals surface area contributed by atoms with Crippen molar-refractivity contribution >= 4 is 22.9 Å². The Balaban J connectivity index is 1.46. The van der Waals surface area contributed by atoms with Crippen LogP contribution in [0.5, 0.6) is 5.75 Å². The minimum atomic E-state index is -0.331. The first-order chi connectivity index (χ1) is 14.5. The molecule has 0 bridgehead atoms. The third kappa shape index (κ3) is 6.22. The molecule has 0 unspecified atom stereocenters. The molecule has 3 aromatic rings. The Labute approximate surface area is 180 Å². The fraction of sp³-hybridized carbons (Fsp3) is 0.261. The summed E-state index contributed by atoms with van der Waals surface area (Å²) in [5, 5.41) is 1.99. The van der Waals surface area contributed by atoms with Gasteiger partial charge in [0.25, 0.3) is 5.24 Å². The van der Waals surface area contributed by atoms with Gasteiger partial charge in [-0.3, -0.25) is 14.9 Å². The summed E-state index contributed by atoms with van der Waals surface area (Å²) in [7, 11) is 0. The fourth-order valence-electron chi connectivity index (χ4n) is 2.87. The second kappa shape index (κ2) is 10.6. The number of imide groups is 1. The molecular weight excluding hydrogens is 400 g/mol. The van der Waals surface area contributed by atoms with Crippen LogP contribution in [0.3, 0.4) is 0 Å². The molecule has 7 heteroatoms. The summed E-state index contributed by atoms with van der Waals surface area (Å²) in [6, 6.07) is 17.4. The van der Waals surface area contributed by atoms with Crippen LogP contribution in [0.25, 0.3) is 11.5 Å². The number of carbonyl (C=O) groups excluding carboxylic acids is 2. The lowest BCUT2D eigenvalue weighted by molar-refractivity contribution is -0.119. The molecule has 0 aliphatic carbocycles. The highest BCUT2D eigenvalue weighted by atomic mass is 32.2. The zero-order valence-electron chi connectivity index (χ0n) is 17.0. The summed E-state index contributed by atoms with van der Waals surface area (Å²) >= 11 is 0.986. The van der Waals surface area contributed by atoms with Gasteiger partial charge in [-0.1, -0.05) is 42.1 Å². The smallest absolute Gasteiger partial charge is 0.285 e. The molecule has 0 aliphatic rings. The topological polar surface area (TPSA) is 81.4 Å². The Kier molecular flexibility index (Phi) is 7.68. The van der Waals surface area contributed by atoms with Gasteiger partial charge in [-0.15, -0.1) is 0 Å². The van der Waals surface area contributed by atoms with Crippen LogP contribution in [0.2, 0.25) is 0 Å². The van der Waals surface area contributed by atoms with E-state index >= 15 is 0 Å². The van der Waals surface area contributed by atoms with E-state index < -0.39 is 0 Å². The van der Waals surface area contributed by atoms with Crippen molar-refractivity contribution in [2.24, 2.45) is 0 Å². The third-order valence-corrected chi connectivity index (χ3v) is 4.98. The van der Waals surface area contributed by atoms with Crippen molar-refractivity contribution in [3.63, 3.8) is 0 Å². The Morgan fingerprint density at radius 1 is 1.07 bits per heavy atom. The van der Waals surface area contributed by atoms with Crippen LogP contribution in [0.1, 0.15) is 23.4 Å². The van der Waals surface area contributed by atoms with Crippen LogP contribution in [0, 0.1) is 6.92 Å². The number of aromatic nitrogens is 1. The summed E-state index contributed by atoms with van der Waals surface area (Å²) in [5.74, 6) is 1.90. The lowest BCUT2D eigenvalue weighted by Crippen LogP contribution is -2.26. The van der Waals surface area contributed by atoms with E-state index in [0.29, 0.717) is 25.3 Å². The van der Waals surface area contributed by atoms with Gasteiger partial charge in [-0.05, 0) is 49.4 Å². The maximum atomic E-state index is 11.7. The minimum absolute atomic E-state index is 0.266. The number of hydrogen-bond donors (Lipinski definition) is 1. The van der Waals surface area contributed by atoms with Gasteiger partial charge in [0.15, 0.2) is 0 Å². The van der Waals surface area contributed by atoms with Gasteiger partial charge in [0, 0.05) is 18.4 Å². The lowest BCUT2D eigenvalue weighted by Gasteiger charge is -2.07. The van der Waals surface area contributed by atoms with Crippen molar-refractivity contribution in [3.8, 4) is 17.2 Å². The third-order valence-electron chi connectivity index (χ3n) is 4.51. The zero-order chi connectivity index (χ0) is 21.3. The van der Waals surface area contributed by atoms with Crippen molar-refractivity contribution in [2.75, 3.05) is 12.9 Å². The summed E-state index contributed by atoms with van der Waals surface area (Å²) in [6.45, 7) is 2.40. The van der Waals surface area contributed by atoms with E-state index in [9.17, 15) is 9.59 Å². The molecule has 2 aromatic carbocycles. The molecule has 30 heavy (non-hydrogen) atoms. The number of hydrogen-bond acceptors (Lipinski definition) is 6. The minimum Gasteiger partial charge on any atom is -0.493 e. The lowest BCUT2D eigenvalue weighted by atomic mass is 10.1. The van der Waals surface area contributed by atoms with Crippen LogP contribution in [0.15, 0.2) is 59.0 Å². The Hall–Kier alpha value is -3.06. The van der Waals surface area contributed by atoms with Gasteiger partial charge >= 0.3 is 0 Å². The van der Waals surface area contributed by atoms with Crippen LogP contribution >= 0.6 is 11.8 Å². The van der Waals surface area contributed by atoms with Crippen LogP contribution < -0.4 is 10.1 Å². The molecule has 0 spiro atoms. The number of amides is 2. The molecule has 0 saturated carbocycles. The van der Waals surface area contributed by atoms with Gasteiger partial charge in [-0.25, -0.2) is 4.98 Å². The molecule has 0 aliphatic heterocycles. The molecule has 2 amide bonds. The maximum Gasteiger partial charge on any atom is 0.285 e. The molecule has 3 rings (SSSR count). The number of thioether (sulfide) groups is 1. The highest BCUT2D eigenvalue weighted by molar-refractivity contribution is 8.13. The largest absolute Gasteiger partial charge is 0.493 e. The summed E-state index contributed by atoms with van der Waals surface area (Å²) in [5.41, 5.74) is 2.85. The quantitative estimate of drug-likeness (QED) is 0.559. The fourth-order valence-corrected chi connectivity index (χ4v) is 3.08. The number of nitrogens with one attached hydrogen (secondary N) is 1. The van der Waals surface area contributed by atoms with Crippen molar-refractivity contribution in [1.29, 1.82) is 0 Å². The van der Waals surface area contributed by atoms with E-state index in [-0.39, 0.29) is 17.6 Å². The zero-order valence-corrected chi connectivity index (χ0v) is 17.8. The first kappa shape index (κ1) is 21.6. The molecule has 0 saturated heterocycles. The summed E-state index contributed by atoms with van der Waals surface area (Å²) in [6.07, 6.45) is 3.11. The van der Waals surface area contributed by atoms with Crippen molar-refractivity contribution in [1.82, 2.24) is 10.3 Å². The standard InChI is InChI=1S/C23H24N2O4S/c1-16-20(24-22(29-16)18-6-4-3-5-7-18)14-15-28-19-11-8-17(9-12-19)10-13-21(26)25-23(27)30-2/h3-9,11-12H,10,13-15H2,1-2H3,(H,25,26,27). The van der Waals surface area contributed by atoms with E-state index in [0.717, 1.165) is 40.1 Å². The average Bonchev–Trinajstić information content (AvgIpc) is 3.14. The summed E-state index contributed by atoms with van der Waals surface area (Å²) < 4.78 is 11.6. The van der Waals surface area contributed by atoms with E-state index in [1.54, 1.807) is 6.26 Å². The number of rotatable bonds is 8. The Morgan fingerprint density at radius 2 is 1.80 bits per heavy atom. The SMILES string of the molecule is CSC(=O)NC(=O)CCc1ccc(OCCc2nc(-c3ccccc3)oc2C)cc1. The molecule has 6 nitrogen and oxygen atoms in total. The van der Waals surface area contributed by atoms with Gasteiger partial charge in [0.05, 0.1) is 12.3 Å². The number of benzene rings is 2. The van der Waals surface area contributed by atoms with E-state index in [4.69, 9.17) is 9.15 Å². The van der Waals surface area contributed by atoms with Crippen LogP contribution in [-0.2, 0) is 17.6 Å². The van der Waals surface area contributed by atoms with Gasteiger partial charge in [0.2, 0.25) is 11.8 Å². The first-order valence-corrected chi connectivity index (χ1v) is 10.9. The van der Waals surface area contributed by atoms with E-state index in [1.165, 1.54) is 0 Å². The van der Waals surface area contributed by atoms with Gasteiger partial charge in [-0.2, -0.15) is 0 Å². The monoisotopic (exact) mass is 424 g/mol. The molecule has 1 N–H and O–H groups in total. The average molecular weight is 425 g/mol. The molecule has 1 aromatic heterocycles. The highest BCUT2D eigenvalue weighted by Crippen LogP contribution is 2.22. The van der Waals surface area contributed by atoms with Crippen molar-refractivity contribution in [2.45, 2.75) is 26.2 Å². The predicted octanol–water partition coefficient (Wildman–Crippen LogP) is 4.80. The van der Waals surface area contributed by atoms with E-state index in [1.807, 2.05) is 61.5 Å². The van der Waals surface area contributed by atoms with Crippen molar-refractivity contribution in [3.05, 3.63) is 71.6 Å². The van der Waals surface area contributed by atoms with E-state index in [2.05, 4.69) is 10.3 Å². The van der Waals surface area contributed by atoms with Crippen LogP contribution in [0.4, 0.5) is 4.79 Å². The number of oxazole rings is 1. The second-order valence-corrected chi connectivity index (χ2v) is 7.45. The Morgan fingerprint density at radius 3 is 2.50 bits per heavy atom. The van der Waals surface area contributed by atoms with Crippen LogP contribution in [-0.4, -0.2) is 29.0 Å². The molecular formula is C23H24N2O4S. The van der Waals surface area contributed by atoms with Gasteiger partial charge < -0.3 is 9.15 Å². The molecule has 0 fully saturated rings. The first-order valence-electron chi connectivity index (χ1n) is 9.66. The second-order valence-electron chi connectivity index (χ2n) is 6.67. The number of carbonyl (C=O) groups is 2. The number of nitrogens with zero attached hydrogens (tertiary/aromatic N) is 1. The van der Waals surface area contributed by atoms with Gasteiger partial charge in [0.1, 0.15) is 11.5 Å². The molecule has 0 atom stereocenters. The Bertz CT molecular complexity index is 984. The van der Waals surface area contributed by atoms with Crippen molar-refractivity contribution < 1.29 is 18.7 Å². The maximum absolute atomic E-state index is 11.7. The normalized spacial score (nSPS) is 10.6. The number of ether oxygens (including phenoxy) is 1. The molecule has 0 radical (unpaired) electrons. The number of aryl methyl sites for hydroxylation is 2. The summed E-state index contributed by atoms with van der Waals surface area (Å²) in [4.78, 5) is 27.4. The molecule has 1 heterocycles.